The molecule has 2 nitrogen and oxygen atoms in total. The fourth-order valence-corrected chi connectivity index (χ4v) is 3.43. The molecule has 2 saturated carbocycles. The molecule has 0 aromatic heterocycles. The van der Waals surface area contributed by atoms with E-state index in [-0.39, 0.29) is 18.6 Å². The summed E-state index contributed by atoms with van der Waals surface area (Å²) >= 11 is 0. The highest BCUT2D eigenvalue weighted by atomic mass is 16.3. The third-order valence-electron chi connectivity index (χ3n) is 4.49. The highest BCUT2D eigenvalue weighted by Crippen LogP contribution is 2.58. The van der Waals surface area contributed by atoms with Crippen LogP contribution in [0, 0.1) is 23.2 Å². The van der Waals surface area contributed by atoms with Crippen LogP contribution < -0.4 is 0 Å². The summed E-state index contributed by atoms with van der Waals surface area (Å²) in [5.74, 6) is 1.88. The Kier molecular flexibility index (Phi) is 1.92. The molecule has 2 heteroatoms. The molecule has 0 saturated heterocycles. The van der Waals surface area contributed by atoms with E-state index in [0.717, 1.165) is 5.92 Å². The van der Waals surface area contributed by atoms with Crippen molar-refractivity contribution in [1.82, 2.24) is 0 Å². The molecule has 3 atom stereocenters. The fourth-order valence-electron chi connectivity index (χ4n) is 3.43. The zero-order chi connectivity index (χ0) is 8.77. The second-order valence-corrected chi connectivity index (χ2v) is 4.61. The summed E-state index contributed by atoms with van der Waals surface area (Å²) in [5.41, 5.74) is -0.136. The third-order valence-corrected chi connectivity index (χ3v) is 4.49. The van der Waals surface area contributed by atoms with E-state index in [1.165, 1.54) is 19.3 Å². The van der Waals surface area contributed by atoms with Gasteiger partial charge in [0.25, 0.3) is 0 Å². The summed E-state index contributed by atoms with van der Waals surface area (Å²) in [6.45, 7) is 2.54. The highest BCUT2D eigenvalue weighted by Gasteiger charge is 2.55. The Morgan fingerprint density at radius 1 is 1.25 bits per heavy atom. The highest BCUT2D eigenvalue weighted by molar-refractivity contribution is 5.03. The summed E-state index contributed by atoms with van der Waals surface area (Å²) in [4.78, 5) is 0. The molecule has 2 aliphatic carbocycles. The molecule has 0 aliphatic heterocycles. The van der Waals surface area contributed by atoms with Crippen molar-refractivity contribution in [3.05, 3.63) is 0 Å². The monoisotopic (exact) mass is 170 g/mol. The molecular formula is C10H18O2. The normalized spacial score (nSPS) is 43.8. The largest absolute Gasteiger partial charge is 0.396 e. The molecule has 2 N–H and O–H groups in total. The Morgan fingerprint density at radius 3 is 2.25 bits per heavy atom. The molecule has 1 unspecified atom stereocenters. The SMILES string of the molecule is CC1[C@H]2CC[C@H](C2)C1(CO)CO. The van der Waals surface area contributed by atoms with E-state index in [9.17, 15) is 10.2 Å². The lowest BCUT2D eigenvalue weighted by molar-refractivity contribution is -0.0288. The smallest absolute Gasteiger partial charge is 0.0514 e. The van der Waals surface area contributed by atoms with Gasteiger partial charge in [0, 0.05) is 5.41 Å². The van der Waals surface area contributed by atoms with Crippen LogP contribution in [-0.2, 0) is 0 Å². The van der Waals surface area contributed by atoms with Crippen molar-refractivity contribution in [1.29, 1.82) is 0 Å². The Balaban J connectivity index is 2.24. The van der Waals surface area contributed by atoms with Crippen LogP contribution in [0.5, 0.6) is 0 Å². The van der Waals surface area contributed by atoms with Crippen molar-refractivity contribution >= 4 is 0 Å². The van der Waals surface area contributed by atoms with E-state index < -0.39 is 0 Å². The van der Waals surface area contributed by atoms with Gasteiger partial charge in [-0.3, -0.25) is 0 Å². The maximum atomic E-state index is 9.35. The van der Waals surface area contributed by atoms with Gasteiger partial charge in [-0.15, -0.1) is 0 Å². The lowest BCUT2D eigenvalue weighted by Gasteiger charge is -2.39. The average molecular weight is 170 g/mol. The molecule has 2 aliphatic rings. The van der Waals surface area contributed by atoms with Crippen LogP contribution in [0.1, 0.15) is 26.2 Å². The molecule has 0 aromatic carbocycles. The lowest BCUT2D eigenvalue weighted by atomic mass is 9.68. The van der Waals surface area contributed by atoms with Gasteiger partial charge in [0.15, 0.2) is 0 Å². The van der Waals surface area contributed by atoms with Gasteiger partial charge in [-0.05, 0) is 37.0 Å². The number of rotatable bonds is 2. The van der Waals surface area contributed by atoms with Crippen LogP contribution in [0.4, 0.5) is 0 Å². The van der Waals surface area contributed by atoms with Crippen LogP contribution >= 0.6 is 0 Å². The molecule has 0 amide bonds. The van der Waals surface area contributed by atoms with Crippen molar-refractivity contribution in [3.63, 3.8) is 0 Å². The number of aliphatic hydroxyl groups is 2. The van der Waals surface area contributed by atoms with Gasteiger partial charge < -0.3 is 10.2 Å². The molecule has 2 fully saturated rings. The lowest BCUT2D eigenvalue weighted by Crippen LogP contribution is -2.41. The molecule has 2 bridgehead atoms. The Hall–Kier alpha value is -0.0800. The zero-order valence-corrected chi connectivity index (χ0v) is 7.66. The molecule has 12 heavy (non-hydrogen) atoms. The summed E-state index contributed by atoms with van der Waals surface area (Å²) in [5, 5.41) is 18.7. The minimum atomic E-state index is -0.136. The van der Waals surface area contributed by atoms with Crippen molar-refractivity contribution in [2.45, 2.75) is 26.2 Å². The molecule has 0 heterocycles. The molecule has 70 valence electrons. The average Bonchev–Trinajstić information content (AvgIpc) is 2.64. The first-order valence-corrected chi connectivity index (χ1v) is 4.96. The zero-order valence-electron chi connectivity index (χ0n) is 7.66. The fraction of sp³-hybridized carbons (Fsp3) is 1.00. The van der Waals surface area contributed by atoms with Gasteiger partial charge in [0.05, 0.1) is 13.2 Å². The molecule has 0 radical (unpaired) electrons. The second-order valence-electron chi connectivity index (χ2n) is 4.61. The van der Waals surface area contributed by atoms with E-state index in [2.05, 4.69) is 6.92 Å². The number of hydrogen-bond donors (Lipinski definition) is 2. The van der Waals surface area contributed by atoms with Gasteiger partial charge in [0.2, 0.25) is 0 Å². The summed E-state index contributed by atoms with van der Waals surface area (Å²) in [7, 11) is 0. The third kappa shape index (κ3) is 0.826. The maximum Gasteiger partial charge on any atom is 0.0514 e. The van der Waals surface area contributed by atoms with Crippen LogP contribution in [0.15, 0.2) is 0 Å². The first-order valence-electron chi connectivity index (χ1n) is 4.96. The first-order chi connectivity index (χ1) is 5.74. The van der Waals surface area contributed by atoms with Crippen molar-refractivity contribution < 1.29 is 10.2 Å². The maximum absolute atomic E-state index is 9.35. The van der Waals surface area contributed by atoms with E-state index in [1.54, 1.807) is 0 Å². The first kappa shape index (κ1) is 8.52. The van der Waals surface area contributed by atoms with Gasteiger partial charge in [-0.2, -0.15) is 0 Å². The molecule has 0 spiro atoms. The summed E-state index contributed by atoms with van der Waals surface area (Å²) in [6, 6.07) is 0. The van der Waals surface area contributed by atoms with Crippen LogP contribution in [0.2, 0.25) is 0 Å². The minimum absolute atomic E-state index is 0.136. The quantitative estimate of drug-likeness (QED) is 0.649. The van der Waals surface area contributed by atoms with Crippen LogP contribution in [-0.4, -0.2) is 23.4 Å². The van der Waals surface area contributed by atoms with Crippen molar-refractivity contribution in [2.75, 3.05) is 13.2 Å². The molecule has 2 rings (SSSR count). The predicted molar refractivity (Wildman–Crippen MR) is 46.6 cm³/mol. The van der Waals surface area contributed by atoms with Gasteiger partial charge in [-0.25, -0.2) is 0 Å². The Morgan fingerprint density at radius 2 is 1.92 bits per heavy atom. The van der Waals surface area contributed by atoms with Gasteiger partial charge in [-0.1, -0.05) is 6.92 Å². The van der Waals surface area contributed by atoms with Crippen molar-refractivity contribution in [2.24, 2.45) is 23.2 Å². The Labute approximate surface area is 73.6 Å². The Bertz CT molecular complexity index is 171. The van der Waals surface area contributed by atoms with Crippen molar-refractivity contribution in [3.8, 4) is 0 Å². The topological polar surface area (TPSA) is 40.5 Å². The number of aliphatic hydroxyl groups excluding tert-OH is 2. The van der Waals surface area contributed by atoms with Crippen LogP contribution in [0.3, 0.4) is 0 Å². The second kappa shape index (κ2) is 2.71. The van der Waals surface area contributed by atoms with Crippen LogP contribution in [0.25, 0.3) is 0 Å². The molecule has 0 aromatic rings. The van der Waals surface area contributed by atoms with Gasteiger partial charge >= 0.3 is 0 Å². The summed E-state index contributed by atoms with van der Waals surface area (Å²) in [6.07, 6.45) is 3.77. The number of fused-ring (bicyclic) bond motifs is 2. The standard InChI is InChI=1S/C10H18O2/c1-7-8-2-3-9(4-8)10(7,5-11)6-12/h7-9,11-12H,2-6H2,1H3/t7?,8-,9+/m0/s1. The number of hydrogen-bond acceptors (Lipinski definition) is 2. The van der Waals surface area contributed by atoms with E-state index in [4.69, 9.17) is 0 Å². The van der Waals surface area contributed by atoms with E-state index >= 15 is 0 Å². The van der Waals surface area contributed by atoms with E-state index in [1.807, 2.05) is 0 Å². The molecular weight excluding hydrogens is 152 g/mol. The minimum Gasteiger partial charge on any atom is -0.396 e. The summed E-state index contributed by atoms with van der Waals surface area (Å²) < 4.78 is 0. The van der Waals surface area contributed by atoms with E-state index in [0.29, 0.717) is 11.8 Å². The van der Waals surface area contributed by atoms with Gasteiger partial charge in [0.1, 0.15) is 0 Å². The predicted octanol–water partition coefficient (Wildman–Crippen LogP) is 1.02.